The van der Waals surface area contributed by atoms with Gasteiger partial charge in [0.2, 0.25) is 11.7 Å². The number of hydrogen-bond acceptors (Lipinski definition) is 5. The maximum absolute atomic E-state index is 11.3. The Labute approximate surface area is 117 Å². The highest BCUT2D eigenvalue weighted by molar-refractivity contribution is 5.73. The number of nitrogens with one attached hydrogen (secondary N) is 1. The molecule has 2 heterocycles. The van der Waals surface area contributed by atoms with Gasteiger partial charge in [-0.3, -0.25) is 14.9 Å². The van der Waals surface area contributed by atoms with Gasteiger partial charge in [-0.25, -0.2) is 4.98 Å². The van der Waals surface area contributed by atoms with Gasteiger partial charge in [0, 0.05) is 38.3 Å². The van der Waals surface area contributed by atoms with Crippen LogP contribution in [-0.2, 0) is 4.79 Å². The van der Waals surface area contributed by atoms with Crippen molar-refractivity contribution in [2.75, 3.05) is 25.0 Å². The quantitative estimate of drug-likeness (QED) is 0.667. The van der Waals surface area contributed by atoms with Crippen LogP contribution in [0.1, 0.15) is 18.9 Å². The molecule has 1 amide bonds. The molecule has 2 rings (SSSR count). The second kappa shape index (κ2) is 5.85. The molecule has 0 bridgehead atoms. The third kappa shape index (κ3) is 3.04. The van der Waals surface area contributed by atoms with E-state index in [0.717, 1.165) is 13.0 Å². The largest absolute Gasteiger partial charge is 0.364 e. The summed E-state index contributed by atoms with van der Waals surface area (Å²) in [6.45, 7) is 5.29. The summed E-state index contributed by atoms with van der Waals surface area (Å²) in [4.78, 5) is 27.7. The van der Waals surface area contributed by atoms with E-state index in [9.17, 15) is 14.9 Å². The fraction of sp³-hybridized carbons (Fsp3) is 0.538. The van der Waals surface area contributed by atoms with Crippen molar-refractivity contribution in [3.8, 4) is 0 Å². The second-order valence-electron chi connectivity index (χ2n) is 5.08. The lowest BCUT2D eigenvalue weighted by Crippen LogP contribution is -2.27. The Morgan fingerprint density at radius 3 is 3.00 bits per heavy atom. The van der Waals surface area contributed by atoms with E-state index in [1.54, 1.807) is 31.0 Å². The SMILES string of the molecule is CC(=O)N1CC[C@@H](CNc2nccc(C)c2[N+](=O)[O-])C1. The molecule has 0 radical (unpaired) electrons. The van der Waals surface area contributed by atoms with Gasteiger partial charge in [0.1, 0.15) is 0 Å². The van der Waals surface area contributed by atoms with Crippen LogP contribution in [0.4, 0.5) is 11.5 Å². The molecular weight excluding hydrogens is 260 g/mol. The minimum absolute atomic E-state index is 0.0221. The molecule has 7 heteroatoms. The molecule has 0 aromatic carbocycles. The first-order valence-corrected chi connectivity index (χ1v) is 6.58. The van der Waals surface area contributed by atoms with Gasteiger partial charge in [-0.2, -0.15) is 0 Å². The predicted molar refractivity (Wildman–Crippen MR) is 74.5 cm³/mol. The normalized spacial score (nSPS) is 18.1. The van der Waals surface area contributed by atoms with E-state index in [0.29, 0.717) is 30.4 Å². The van der Waals surface area contributed by atoms with E-state index in [2.05, 4.69) is 10.3 Å². The summed E-state index contributed by atoms with van der Waals surface area (Å²) in [5.74, 6) is 0.684. The first-order chi connectivity index (χ1) is 9.49. The minimum Gasteiger partial charge on any atom is -0.364 e. The van der Waals surface area contributed by atoms with E-state index in [1.807, 2.05) is 0 Å². The fourth-order valence-corrected chi connectivity index (χ4v) is 2.44. The first-order valence-electron chi connectivity index (χ1n) is 6.58. The van der Waals surface area contributed by atoms with E-state index in [1.165, 1.54) is 0 Å². The van der Waals surface area contributed by atoms with Gasteiger partial charge in [0.15, 0.2) is 0 Å². The van der Waals surface area contributed by atoms with Crippen LogP contribution in [0, 0.1) is 23.0 Å². The summed E-state index contributed by atoms with van der Waals surface area (Å²) in [6.07, 6.45) is 2.47. The number of anilines is 1. The molecule has 1 aliphatic heterocycles. The molecule has 0 aliphatic carbocycles. The summed E-state index contributed by atoms with van der Waals surface area (Å²) in [5, 5.41) is 14.1. The van der Waals surface area contributed by atoms with Crippen molar-refractivity contribution in [3.05, 3.63) is 27.9 Å². The van der Waals surface area contributed by atoms with Crippen molar-refractivity contribution in [1.29, 1.82) is 0 Å². The average Bonchev–Trinajstić information content (AvgIpc) is 2.84. The lowest BCUT2D eigenvalue weighted by Gasteiger charge is -2.14. The van der Waals surface area contributed by atoms with Gasteiger partial charge in [-0.15, -0.1) is 0 Å². The smallest absolute Gasteiger partial charge is 0.314 e. The van der Waals surface area contributed by atoms with Crippen LogP contribution in [0.3, 0.4) is 0 Å². The zero-order valence-electron chi connectivity index (χ0n) is 11.6. The van der Waals surface area contributed by atoms with Crippen LogP contribution in [-0.4, -0.2) is 40.3 Å². The summed E-state index contributed by atoms with van der Waals surface area (Å²) in [5.41, 5.74) is 0.609. The Morgan fingerprint density at radius 2 is 2.40 bits per heavy atom. The Kier molecular flexibility index (Phi) is 4.16. The van der Waals surface area contributed by atoms with Crippen molar-refractivity contribution in [1.82, 2.24) is 9.88 Å². The van der Waals surface area contributed by atoms with Crippen molar-refractivity contribution in [3.63, 3.8) is 0 Å². The molecule has 0 unspecified atom stereocenters. The van der Waals surface area contributed by atoms with Gasteiger partial charge < -0.3 is 10.2 Å². The predicted octanol–water partition coefficient (Wildman–Crippen LogP) is 1.58. The van der Waals surface area contributed by atoms with E-state index < -0.39 is 4.92 Å². The van der Waals surface area contributed by atoms with Crippen molar-refractivity contribution in [2.45, 2.75) is 20.3 Å². The second-order valence-corrected chi connectivity index (χ2v) is 5.08. The lowest BCUT2D eigenvalue weighted by atomic mass is 10.1. The number of amides is 1. The van der Waals surface area contributed by atoms with Gasteiger partial charge in [0.05, 0.1) is 4.92 Å². The van der Waals surface area contributed by atoms with Crippen molar-refractivity contribution >= 4 is 17.4 Å². The molecule has 1 atom stereocenters. The van der Waals surface area contributed by atoms with E-state index in [-0.39, 0.29) is 11.6 Å². The van der Waals surface area contributed by atoms with Crippen molar-refractivity contribution in [2.24, 2.45) is 5.92 Å². The van der Waals surface area contributed by atoms with Gasteiger partial charge in [0.25, 0.3) is 0 Å². The summed E-state index contributed by atoms with van der Waals surface area (Å²) >= 11 is 0. The number of pyridine rings is 1. The number of carbonyl (C=O) groups is 1. The fourth-order valence-electron chi connectivity index (χ4n) is 2.44. The zero-order chi connectivity index (χ0) is 14.7. The molecular formula is C13H18N4O3. The highest BCUT2D eigenvalue weighted by Crippen LogP contribution is 2.26. The van der Waals surface area contributed by atoms with Crippen molar-refractivity contribution < 1.29 is 9.72 Å². The van der Waals surface area contributed by atoms with Crippen LogP contribution in [0.2, 0.25) is 0 Å². The monoisotopic (exact) mass is 278 g/mol. The van der Waals surface area contributed by atoms with Gasteiger partial charge in [-0.1, -0.05) is 0 Å². The Balaban J connectivity index is 2.00. The molecule has 1 fully saturated rings. The molecule has 108 valence electrons. The lowest BCUT2D eigenvalue weighted by molar-refractivity contribution is -0.384. The number of hydrogen-bond donors (Lipinski definition) is 1. The van der Waals surface area contributed by atoms with Crippen LogP contribution >= 0.6 is 0 Å². The maximum atomic E-state index is 11.3. The molecule has 7 nitrogen and oxygen atoms in total. The Hall–Kier alpha value is -2.18. The molecule has 1 saturated heterocycles. The number of aromatic nitrogens is 1. The number of aryl methyl sites for hydroxylation is 1. The Bertz CT molecular complexity index is 532. The first kappa shape index (κ1) is 14.2. The maximum Gasteiger partial charge on any atom is 0.314 e. The summed E-state index contributed by atoms with van der Waals surface area (Å²) in [7, 11) is 0. The summed E-state index contributed by atoms with van der Waals surface area (Å²) in [6, 6.07) is 1.62. The standard InChI is InChI=1S/C13H18N4O3/c1-9-3-5-14-13(12(9)17(19)20)15-7-11-4-6-16(8-11)10(2)18/h3,5,11H,4,6-8H2,1-2H3,(H,14,15)/t11-/m0/s1. The molecule has 1 N–H and O–H groups in total. The number of carbonyl (C=O) groups excluding carboxylic acids is 1. The van der Waals surface area contributed by atoms with Crippen LogP contribution in [0.15, 0.2) is 12.3 Å². The highest BCUT2D eigenvalue weighted by Gasteiger charge is 2.25. The molecule has 1 aromatic heterocycles. The van der Waals surface area contributed by atoms with E-state index >= 15 is 0 Å². The topological polar surface area (TPSA) is 88.4 Å². The number of likely N-dealkylation sites (tertiary alicyclic amines) is 1. The average molecular weight is 278 g/mol. The van der Waals surface area contributed by atoms with Crippen LogP contribution in [0.25, 0.3) is 0 Å². The van der Waals surface area contributed by atoms with Crippen LogP contribution in [0.5, 0.6) is 0 Å². The minimum atomic E-state index is -0.415. The number of nitrogens with zero attached hydrogens (tertiary/aromatic N) is 3. The van der Waals surface area contributed by atoms with Gasteiger partial charge in [-0.05, 0) is 25.3 Å². The molecule has 0 saturated carbocycles. The molecule has 1 aliphatic rings. The molecule has 0 spiro atoms. The van der Waals surface area contributed by atoms with Crippen LogP contribution < -0.4 is 5.32 Å². The molecule has 20 heavy (non-hydrogen) atoms. The zero-order valence-corrected chi connectivity index (χ0v) is 11.6. The number of nitro groups is 1. The summed E-state index contributed by atoms with van der Waals surface area (Å²) < 4.78 is 0. The Morgan fingerprint density at radius 1 is 1.65 bits per heavy atom. The highest BCUT2D eigenvalue weighted by atomic mass is 16.6. The third-order valence-corrected chi connectivity index (χ3v) is 3.60. The van der Waals surface area contributed by atoms with E-state index in [4.69, 9.17) is 0 Å². The number of rotatable bonds is 4. The molecule has 1 aromatic rings. The van der Waals surface area contributed by atoms with Gasteiger partial charge >= 0.3 is 5.69 Å². The third-order valence-electron chi connectivity index (χ3n) is 3.60.